The SMILES string of the molecule is OCc1cnc(N[C@@H]2CCN(Cc3ccc(F)cc3)C2I)c(Cl)c1. The van der Waals surface area contributed by atoms with Crippen molar-refractivity contribution in [3.63, 3.8) is 0 Å². The molecule has 4 nitrogen and oxygen atoms in total. The van der Waals surface area contributed by atoms with Crippen LogP contribution in [-0.2, 0) is 13.2 Å². The molecule has 2 heterocycles. The quantitative estimate of drug-likeness (QED) is 0.404. The molecule has 0 spiro atoms. The average molecular weight is 462 g/mol. The first-order valence-corrected chi connectivity index (χ1v) is 9.33. The Morgan fingerprint density at radius 1 is 1.33 bits per heavy atom. The van der Waals surface area contributed by atoms with E-state index >= 15 is 0 Å². The van der Waals surface area contributed by atoms with Crippen molar-refractivity contribution in [1.82, 2.24) is 9.88 Å². The van der Waals surface area contributed by atoms with Crippen molar-refractivity contribution >= 4 is 40.0 Å². The van der Waals surface area contributed by atoms with E-state index in [0.717, 1.165) is 25.1 Å². The summed E-state index contributed by atoms with van der Waals surface area (Å²) >= 11 is 8.65. The molecule has 1 unspecified atom stereocenters. The van der Waals surface area contributed by atoms with Gasteiger partial charge in [-0.25, -0.2) is 9.37 Å². The molecule has 0 aliphatic carbocycles. The minimum atomic E-state index is -0.210. The number of anilines is 1. The van der Waals surface area contributed by atoms with Crippen LogP contribution in [0.15, 0.2) is 36.5 Å². The highest BCUT2D eigenvalue weighted by atomic mass is 127. The molecule has 2 atom stereocenters. The summed E-state index contributed by atoms with van der Waals surface area (Å²) in [5.74, 6) is 0.432. The maximum atomic E-state index is 13.0. The van der Waals surface area contributed by atoms with Crippen molar-refractivity contribution in [2.45, 2.75) is 29.7 Å². The molecule has 1 aliphatic rings. The van der Waals surface area contributed by atoms with Gasteiger partial charge in [0.1, 0.15) is 11.6 Å². The highest BCUT2D eigenvalue weighted by Gasteiger charge is 2.32. The molecular formula is C17H18ClFIN3O. The van der Waals surface area contributed by atoms with Crippen molar-refractivity contribution in [1.29, 1.82) is 0 Å². The van der Waals surface area contributed by atoms with Gasteiger partial charge in [0.05, 0.1) is 21.7 Å². The Balaban J connectivity index is 1.63. The monoisotopic (exact) mass is 461 g/mol. The Kier molecular flexibility index (Phi) is 5.91. The molecule has 1 aliphatic heterocycles. The molecule has 0 saturated carbocycles. The molecule has 1 aromatic carbocycles. The topological polar surface area (TPSA) is 48.4 Å². The Morgan fingerprint density at radius 3 is 2.75 bits per heavy atom. The summed E-state index contributed by atoms with van der Waals surface area (Å²) in [4.78, 5) is 6.65. The molecule has 3 rings (SSSR count). The summed E-state index contributed by atoms with van der Waals surface area (Å²) in [5.41, 5.74) is 1.79. The number of aromatic nitrogens is 1. The lowest BCUT2D eigenvalue weighted by atomic mass is 10.2. The zero-order valence-electron chi connectivity index (χ0n) is 12.9. The number of aliphatic hydroxyl groups excluding tert-OH is 1. The molecule has 0 amide bonds. The largest absolute Gasteiger partial charge is 0.392 e. The number of alkyl halides is 1. The maximum Gasteiger partial charge on any atom is 0.145 e. The van der Waals surface area contributed by atoms with Crippen LogP contribution in [-0.4, -0.2) is 31.6 Å². The molecule has 1 fully saturated rings. The molecule has 128 valence electrons. The van der Waals surface area contributed by atoms with Crippen LogP contribution in [0.5, 0.6) is 0 Å². The summed E-state index contributed by atoms with van der Waals surface area (Å²) in [5, 5.41) is 13.0. The van der Waals surface area contributed by atoms with Crippen molar-refractivity contribution in [3.05, 3.63) is 58.5 Å². The van der Waals surface area contributed by atoms with Gasteiger partial charge in [0.2, 0.25) is 0 Å². The van der Waals surface area contributed by atoms with Crippen molar-refractivity contribution in [3.8, 4) is 0 Å². The number of aliphatic hydroxyl groups is 1. The minimum Gasteiger partial charge on any atom is -0.392 e. The minimum absolute atomic E-state index is 0.0726. The number of nitrogens with one attached hydrogen (secondary N) is 1. The Labute approximate surface area is 159 Å². The van der Waals surface area contributed by atoms with Gasteiger partial charge >= 0.3 is 0 Å². The molecule has 2 N–H and O–H groups in total. The van der Waals surface area contributed by atoms with Gasteiger partial charge in [-0.15, -0.1) is 0 Å². The number of halogens is 3. The van der Waals surface area contributed by atoms with Crippen molar-refractivity contribution in [2.75, 3.05) is 11.9 Å². The number of rotatable bonds is 5. The highest BCUT2D eigenvalue weighted by molar-refractivity contribution is 14.1. The van der Waals surface area contributed by atoms with Crippen molar-refractivity contribution in [2.24, 2.45) is 0 Å². The second-order valence-electron chi connectivity index (χ2n) is 5.84. The Hall–Kier alpha value is -0.960. The molecule has 1 saturated heterocycles. The first-order valence-electron chi connectivity index (χ1n) is 7.71. The van der Waals surface area contributed by atoms with Gasteiger partial charge in [-0.3, -0.25) is 4.90 Å². The second kappa shape index (κ2) is 7.95. The van der Waals surface area contributed by atoms with Gasteiger partial charge in [0.15, 0.2) is 0 Å². The lowest BCUT2D eigenvalue weighted by molar-refractivity contribution is 0.281. The van der Waals surface area contributed by atoms with Gasteiger partial charge in [-0.05, 0) is 35.7 Å². The first kappa shape index (κ1) is 17.8. The first-order chi connectivity index (χ1) is 11.6. The van der Waals surface area contributed by atoms with E-state index in [0.29, 0.717) is 16.4 Å². The summed E-state index contributed by atoms with van der Waals surface area (Å²) in [6.45, 7) is 1.67. The highest BCUT2D eigenvalue weighted by Crippen LogP contribution is 2.30. The van der Waals surface area contributed by atoms with Crippen molar-refractivity contribution < 1.29 is 9.50 Å². The fourth-order valence-corrected chi connectivity index (χ4v) is 4.06. The van der Waals surface area contributed by atoms with Crippen LogP contribution in [0, 0.1) is 5.82 Å². The summed E-state index contributed by atoms with van der Waals surface area (Å²) < 4.78 is 13.3. The molecule has 24 heavy (non-hydrogen) atoms. The van der Waals surface area contributed by atoms with Crippen LogP contribution in [0.25, 0.3) is 0 Å². The molecule has 0 radical (unpaired) electrons. The number of nitrogens with zero attached hydrogens (tertiary/aromatic N) is 2. The Morgan fingerprint density at radius 2 is 2.08 bits per heavy atom. The van der Waals surface area contributed by atoms with Crippen LogP contribution in [0.3, 0.4) is 0 Å². The maximum absolute atomic E-state index is 13.0. The zero-order chi connectivity index (χ0) is 17.1. The standard InChI is InChI=1S/C17H18ClFIN3O/c18-14-7-12(10-24)8-21-17(14)22-15-5-6-23(16(15)20)9-11-1-3-13(19)4-2-11/h1-4,7-8,15-16,24H,5-6,9-10H2,(H,21,22)/t15-,16?/m1/s1. The lowest BCUT2D eigenvalue weighted by Crippen LogP contribution is -2.33. The summed E-state index contributed by atoms with van der Waals surface area (Å²) in [6.07, 6.45) is 2.61. The lowest BCUT2D eigenvalue weighted by Gasteiger charge is -2.24. The smallest absolute Gasteiger partial charge is 0.145 e. The van der Waals surface area contributed by atoms with E-state index in [1.807, 2.05) is 12.1 Å². The van der Waals surface area contributed by atoms with Gasteiger partial charge in [-0.1, -0.05) is 46.3 Å². The third-order valence-corrected chi connectivity index (χ3v) is 6.05. The summed E-state index contributed by atoms with van der Waals surface area (Å²) in [6, 6.07) is 8.60. The number of likely N-dealkylation sites (tertiary alicyclic amines) is 1. The van der Waals surface area contributed by atoms with Gasteiger partial charge in [0, 0.05) is 19.3 Å². The predicted octanol–water partition coefficient (Wildman–Crippen LogP) is 3.81. The van der Waals surface area contributed by atoms with E-state index in [1.165, 1.54) is 12.1 Å². The Bertz CT molecular complexity index is 701. The number of pyridine rings is 1. The van der Waals surface area contributed by atoms with Gasteiger partial charge in [-0.2, -0.15) is 0 Å². The molecule has 2 aromatic rings. The number of benzene rings is 1. The van der Waals surface area contributed by atoms with Crippen LogP contribution in [0.1, 0.15) is 17.5 Å². The fourth-order valence-electron chi connectivity index (χ4n) is 2.80. The third-order valence-electron chi connectivity index (χ3n) is 4.11. The molecule has 1 aromatic heterocycles. The summed E-state index contributed by atoms with van der Waals surface area (Å²) in [7, 11) is 0. The molecule has 0 bridgehead atoms. The van der Waals surface area contributed by atoms with E-state index < -0.39 is 0 Å². The number of hydrogen-bond donors (Lipinski definition) is 2. The fraction of sp³-hybridized carbons (Fsp3) is 0.353. The van der Waals surface area contributed by atoms with Crippen LogP contribution in [0.4, 0.5) is 10.2 Å². The van der Waals surface area contributed by atoms with Crippen LogP contribution < -0.4 is 5.32 Å². The van der Waals surface area contributed by atoms with Crippen LogP contribution >= 0.6 is 34.2 Å². The average Bonchev–Trinajstić information content (AvgIpc) is 2.92. The van der Waals surface area contributed by atoms with Gasteiger partial charge in [0.25, 0.3) is 0 Å². The second-order valence-corrected chi connectivity index (χ2v) is 7.52. The molecule has 7 heteroatoms. The van der Waals surface area contributed by atoms with Gasteiger partial charge < -0.3 is 10.4 Å². The van der Waals surface area contributed by atoms with E-state index in [9.17, 15) is 4.39 Å². The molecular weight excluding hydrogens is 444 g/mol. The number of hydrogen-bond acceptors (Lipinski definition) is 4. The van der Waals surface area contributed by atoms with E-state index in [-0.39, 0.29) is 22.5 Å². The van der Waals surface area contributed by atoms with E-state index in [4.69, 9.17) is 16.7 Å². The van der Waals surface area contributed by atoms with Crippen LogP contribution in [0.2, 0.25) is 5.02 Å². The zero-order valence-corrected chi connectivity index (χ0v) is 15.8. The van der Waals surface area contributed by atoms with E-state index in [2.05, 4.69) is 37.8 Å². The normalized spacial score (nSPS) is 21.2. The third kappa shape index (κ3) is 4.17. The predicted molar refractivity (Wildman–Crippen MR) is 102 cm³/mol. The van der Waals surface area contributed by atoms with E-state index in [1.54, 1.807) is 12.3 Å².